The van der Waals surface area contributed by atoms with Gasteiger partial charge in [0.05, 0.1) is 0 Å². The summed E-state index contributed by atoms with van der Waals surface area (Å²) in [6, 6.07) is 7.21. The second kappa shape index (κ2) is 8.80. The van der Waals surface area contributed by atoms with Crippen LogP contribution in [0.4, 0.5) is 11.5 Å². The van der Waals surface area contributed by atoms with Gasteiger partial charge < -0.3 is 20.0 Å². The second-order valence-corrected chi connectivity index (χ2v) is 5.79. The number of oxime groups is 1. The van der Waals surface area contributed by atoms with Gasteiger partial charge in [0.2, 0.25) is 6.10 Å². The summed E-state index contributed by atoms with van der Waals surface area (Å²) in [5.74, 6) is 0.00979. The summed E-state index contributed by atoms with van der Waals surface area (Å²) in [5, 5.41) is 12.6. The van der Waals surface area contributed by atoms with Crippen molar-refractivity contribution in [3.63, 3.8) is 0 Å². The van der Waals surface area contributed by atoms with E-state index in [1.54, 1.807) is 26.0 Å². The van der Waals surface area contributed by atoms with Gasteiger partial charge in [-0.25, -0.2) is 0 Å². The molecule has 8 heteroatoms. The maximum atomic E-state index is 12.1. The van der Waals surface area contributed by atoms with Crippen molar-refractivity contribution in [3.8, 4) is 0 Å². The van der Waals surface area contributed by atoms with Gasteiger partial charge in [0.1, 0.15) is 12.0 Å². The van der Waals surface area contributed by atoms with E-state index in [0.29, 0.717) is 23.7 Å². The van der Waals surface area contributed by atoms with Crippen LogP contribution in [-0.4, -0.2) is 29.3 Å². The zero-order valence-electron chi connectivity index (χ0n) is 15.2. The predicted molar refractivity (Wildman–Crippen MR) is 98.1 cm³/mol. The van der Waals surface area contributed by atoms with Gasteiger partial charge in [-0.05, 0) is 44.4 Å². The summed E-state index contributed by atoms with van der Waals surface area (Å²) in [5.41, 5.74) is 2.75. The number of hydrogen-bond donors (Lipinski definition) is 2. The highest BCUT2D eigenvalue weighted by atomic mass is 16.6. The van der Waals surface area contributed by atoms with E-state index in [1.807, 2.05) is 26.0 Å². The smallest absolute Gasteiger partial charge is 0.270 e. The molecule has 0 saturated carbocycles. The minimum absolute atomic E-state index is 0.297. The lowest BCUT2D eigenvalue weighted by molar-refractivity contribution is -0.127. The maximum Gasteiger partial charge on any atom is 0.270 e. The molecule has 26 heavy (non-hydrogen) atoms. The fourth-order valence-corrected chi connectivity index (χ4v) is 2.14. The van der Waals surface area contributed by atoms with E-state index in [-0.39, 0.29) is 0 Å². The Morgan fingerprint density at radius 3 is 2.73 bits per heavy atom. The van der Waals surface area contributed by atoms with E-state index in [2.05, 4.69) is 20.9 Å². The molecule has 2 N–H and O–H groups in total. The number of benzene rings is 1. The first-order valence-corrected chi connectivity index (χ1v) is 8.21. The van der Waals surface area contributed by atoms with E-state index < -0.39 is 17.9 Å². The molecule has 138 valence electrons. The summed E-state index contributed by atoms with van der Waals surface area (Å²) in [6.07, 6.45) is 0.521. The topological polar surface area (TPSA) is 106 Å². The van der Waals surface area contributed by atoms with Crippen LogP contribution in [0.3, 0.4) is 0 Å². The summed E-state index contributed by atoms with van der Waals surface area (Å²) in [4.78, 5) is 29.2. The third-order valence-corrected chi connectivity index (χ3v) is 3.76. The van der Waals surface area contributed by atoms with Crippen LogP contribution >= 0.6 is 0 Å². The summed E-state index contributed by atoms with van der Waals surface area (Å²) in [6.45, 7) is 7.37. The number of carbonyl (C=O) groups is 2. The van der Waals surface area contributed by atoms with E-state index in [0.717, 1.165) is 17.3 Å². The zero-order chi connectivity index (χ0) is 19.1. The fraction of sp³-hybridized carbons (Fsp3) is 0.333. The SMILES string of the molecule is CCC(O/N=C/C(=O)Nc1cccc(C)c1C)C(=O)Nc1cc(C)on1. The van der Waals surface area contributed by atoms with E-state index in [1.165, 1.54) is 0 Å². The van der Waals surface area contributed by atoms with Crippen molar-refractivity contribution >= 4 is 29.5 Å². The van der Waals surface area contributed by atoms with Crippen molar-refractivity contribution in [3.05, 3.63) is 41.2 Å². The Labute approximate surface area is 151 Å². The average molecular weight is 358 g/mol. The lowest BCUT2D eigenvalue weighted by Gasteiger charge is -2.11. The molecule has 1 heterocycles. The van der Waals surface area contributed by atoms with Crippen LogP contribution in [0.2, 0.25) is 0 Å². The monoisotopic (exact) mass is 358 g/mol. The first-order valence-electron chi connectivity index (χ1n) is 8.21. The molecule has 0 saturated heterocycles. The van der Waals surface area contributed by atoms with Crippen molar-refractivity contribution < 1.29 is 18.9 Å². The van der Waals surface area contributed by atoms with Crippen LogP contribution in [0.15, 0.2) is 33.9 Å². The van der Waals surface area contributed by atoms with Crippen molar-refractivity contribution in [1.29, 1.82) is 0 Å². The standard InChI is InChI=1S/C18H22N4O4/c1-5-15(18(24)21-16-9-12(3)25-22-16)26-19-10-17(23)20-14-8-6-7-11(2)13(14)4/h6-10,15H,5H2,1-4H3,(H,20,23)(H,21,22,24)/b19-10+. The van der Waals surface area contributed by atoms with Crippen molar-refractivity contribution in [1.82, 2.24) is 5.16 Å². The third-order valence-electron chi connectivity index (χ3n) is 3.76. The molecule has 2 rings (SSSR count). The number of rotatable bonds is 7. The Hall–Kier alpha value is -3.16. The molecule has 2 aromatic rings. The molecule has 0 bridgehead atoms. The molecule has 0 radical (unpaired) electrons. The third kappa shape index (κ3) is 5.17. The van der Waals surface area contributed by atoms with Crippen LogP contribution in [0.5, 0.6) is 0 Å². The first-order chi connectivity index (χ1) is 12.4. The number of hydrogen-bond acceptors (Lipinski definition) is 6. The molecule has 1 atom stereocenters. The van der Waals surface area contributed by atoms with Gasteiger partial charge in [-0.1, -0.05) is 29.4 Å². The highest BCUT2D eigenvalue weighted by Gasteiger charge is 2.19. The van der Waals surface area contributed by atoms with Gasteiger partial charge in [-0.3, -0.25) is 9.59 Å². The summed E-state index contributed by atoms with van der Waals surface area (Å²) in [7, 11) is 0. The number of aromatic nitrogens is 1. The van der Waals surface area contributed by atoms with E-state index in [4.69, 9.17) is 9.36 Å². The van der Waals surface area contributed by atoms with Gasteiger partial charge in [-0.15, -0.1) is 0 Å². The van der Waals surface area contributed by atoms with Gasteiger partial charge in [-0.2, -0.15) is 0 Å². The molecule has 1 aromatic heterocycles. The minimum atomic E-state index is -0.850. The predicted octanol–water partition coefficient (Wildman–Crippen LogP) is 2.96. The number of anilines is 2. The summed E-state index contributed by atoms with van der Waals surface area (Å²) < 4.78 is 4.88. The molecule has 0 aliphatic heterocycles. The molecule has 8 nitrogen and oxygen atoms in total. The van der Waals surface area contributed by atoms with Crippen LogP contribution in [-0.2, 0) is 14.4 Å². The Morgan fingerprint density at radius 1 is 1.31 bits per heavy atom. The van der Waals surface area contributed by atoms with Crippen molar-refractivity contribution in [2.24, 2.45) is 5.16 Å². The molecule has 1 unspecified atom stereocenters. The van der Waals surface area contributed by atoms with Gasteiger partial charge in [0.15, 0.2) is 5.82 Å². The zero-order valence-corrected chi connectivity index (χ0v) is 15.2. The number of aryl methyl sites for hydroxylation is 2. The quantitative estimate of drug-likeness (QED) is 0.585. The Balaban J connectivity index is 1.89. The van der Waals surface area contributed by atoms with Gasteiger partial charge in [0, 0.05) is 11.8 Å². The van der Waals surface area contributed by atoms with E-state index in [9.17, 15) is 9.59 Å². The molecular formula is C18H22N4O4. The number of nitrogens with zero attached hydrogens (tertiary/aromatic N) is 2. The first kappa shape index (κ1) is 19.2. The lowest BCUT2D eigenvalue weighted by atomic mass is 10.1. The van der Waals surface area contributed by atoms with Gasteiger partial charge >= 0.3 is 0 Å². The van der Waals surface area contributed by atoms with E-state index >= 15 is 0 Å². The van der Waals surface area contributed by atoms with Crippen molar-refractivity contribution in [2.45, 2.75) is 40.2 Å². The fourth-order valence-electron chi connectivity index (χ4n) is 2.14. The second-order valence-electron chi connectivity index (χ2n) is 5.79. The number of amides is 2. The highest BCUT2D eigenvalue weighted by molar-refractivity contribution is 6.31. The minimum Gasteiger partial charge on any atom is -0.382 e. The number of nitrogens with one attached hydrogen (secondary N) is 2. The molecule has 2 amide bonds. The average Bonchev–Trinajstić information content (AvgIpc) is 3.00. The lowest BCUT2D eigenvalue weighted by Crippen LogP contribution is -2.29. The maximum absolute atomic E-state index is 12.1. The van der Waals surface area contributed by atoms with Crippen LogP contribution in [0, 0.1) is 20.8 Å². The largest absolute Gasteiger partial charge is 0.382 e. The van der Waals surface area contributed by atoms with Gasteiger partial charge in [0.25, 0.3) is 11.8 Å². The highest BCUT2D eigenvalue weighted by Crippen LogP contribution is 2.17. The Morgan fingerprint density at radius 2 is 2.08 bits per heavy atom. The molecule has 0 spiro atoms. The Kier molecular flexibility index (Phi) is 6.48. The molecule has 0 aliphatic carbocycles. The molecule has 1 aromatic carbocycles. The summed E-state index contributed by atoms with van der Waals surface area (Å²) >= 11 is 0. The van der Waals surface area contributed by atoms with Crippen LogP contribution in [0.1, 0.15) is 30.2 Å². The Bertz CT molecular complexity index is 813. The molecular weight excluding hydrogens is 336 g/mol. The van der Waals surface area contributed by atoms with Crippen LogP contribution in [0.25, 0.3) is 0 Å². The van der Waals surface area contributed by atoms with Crippen LogP contribution < -0.4 is 10.6 Å². The molecule has 0 aliphatic rings. The van der Waals surface area contributed by atoms with Crippen molar-refractivity contribution in [2.75, 3.05) is 10.6 Å². The normalized spacial score (nSPS) is 12.0. The molecule has 0 fully saturated rings. The number of carbonyl (C=O) groups excluding carboxylic acids is 2.